The molecule has 0 bridgehead atoms. The van der Waals surface area contributed by atoms with Gasteiger partial charge in [-0.05, 0) is 24.3 Å². The minimum atomic E-state index is -4.41. The van der Waals surface area contributed by atoms with Crippen molar-refractivity contribution in [3.63, 3.8) is 0 Å². The number of anilines is 2. The average Bonchev–Trinajstić information content (AvgIpc) is 3.24. The van der Waals surface area contributed by atoms with Gasteiger partial charge < -0.3 is 29.4 Å². The number of alkyl halides is 3. The molecule has 2 aromatic carbocycles. The van der Waals surface area contributed by atoms with Crippen molar-refractivity contribution < 1.29 is 37.0 Å². The van der Waals surface area contributed by atoms with Crippen molar-refractivity contribution in [3.8, 4) is 11.5 Å². The zero-order chi connectivity index (χ0) is 26.7. The van der Waals surface area contributed by atoms with Crippen molar-refractivity contribution in [2.45, 2.75) is 6.18 Å². The van der Waals surface area contributed by atoms with E-state index in [9.17, 15) is 22.8 Å². The number of nitrogens with one attached hydrogen (secondary N) is 2. The first-order valence-electron chi connectivity index (χ1n) is 11.4. The van der Waals surface area contributed by atoms with Gasteiger partial charge in [-0.3, -0.25) is 9.69 Å². The number of ether oxygens (including phenoxy) is 3. The Labute approximate surface area is 211 Å². The van der Waals surface area contributed by atoms with Crippen molar-refractivity contribution in [1.29, 1.82) is 0 Å². The third-order valence-corrected chi connectivity index (χ3v) is 6.23. The number of nitrogens with zero attached hydrogens (tertiary/aromatic N) is 2. The summed E-state index contributed by atoms with van der Waals surface area (Å²) in [5, 5.41) is 3.35. The predicted octanol–water partition coefficient (Wildman–Crippen LogP) is 3.75. The number of methoxy groups -OCH3 is 3. The van der Waals surface area contributed by atoms with Gasteiger partial charge in [0.25, 0.3) is 0 Å². The Kier molecular flexibility index (Phi) is 7.48. The Morgan fingerprint density at radius 3 is 2.30 bits per heavy atom. The van der Waals surface area contributed by atoms with E-state index in [-0.39, 0.29) is 23.8 Å². The number of carbonyl (C=O) groups is 2. The Bertz CT molecular complexity index is 1300. The number of hydrogen-bond acceptors (Lipinski definition) is 7. The van der Waals surface area contributed by atoms with Crippen LogP contribution in [0.2, 0.25) is 0 Å². The van der Waals surface area contributed by atoms with Crippen molar-refractivity contribution in [1.82, 2.24) is 9.88 Å². The highest BCUT2D eigenvalue weighted by Gasteiger charge is 2.31. The second kappa shape index (κ2) is 10.6. The summed E-state index contributed by atoms with van der Waals surface area (Å²) in [4.78, 5) is 32.1. The molecule has 0 aliphatic carbocycles. The Balaban J connectivity index is 1.46. The smallest absolute Gasteiger partial charge is 0.416 e. The molecule has 198 valence electrons. The van der Waals surface area contributed by atoms with Gasteiger partial charge in [0.1, 0.15) is 5.69 Å². The number of fused-ring (bicyclic) bond motifs is 1. The number of amides is 1. The third-order valence-electron chi connectivity index (χ3n) is 6.23. The molecule has 2 N–H and O–H groups in total. The van der Waals surface area contributed by atoms with Crippen molar-refractivity contribution in [3.05, 3.63) is 47.7 Å². The van der Waals surface area contributed by atoms with Crippen molar-refractivity contribution in [2.75, 3.05) is 64.3 Å². The van der Waals surface area contributed by atoms with Crippen LogP contribution >= 0.6 is 0 Å². The van der Waals surface area contributed by atoms with Crippen LogP contribution in [0.3, 0.4) is 0 Å². The number of aromatic amines is 1. The van der Waals surface area contributed by atoms with Gasteiger partial charge in [-0.25, -0.2) is 4.79 Å². The zero-order valence-corrected chi connectivity index (χ0v) is 20.6. The number of benzene rings is 2. The SMILES string of the molecule is COC(=O)c1[nH]c2cc(OC)c(OC)cc2c1NC(=O)CN1CCN(c2cccc(C(F)(F)F)c2)CC1. The first-order chi connectivity index (χ1) is 17.6. The summed E-state index contributed by atoms with van der Waals surface area (Å²) in [5.41, 5.74) is 0.681. The molecule has 3 aromatic rings. The van der Waals surface area contributed by atoms with Crippen LogP contribution < -0.4 is 19.7 Å². The fourth-order valence-corrected chi connectivity index (χ4v) is 4.33. The van der Waals surface area contributed by atoms with E-state index in [0.29, 0.717) is 54.3 Å². The molecule has 1 aliphatic rings. The van der Waals surface area contributed by atoms with Gasteiger partial charge in [0.2, 0.25) is 5.91 Å². The molecule has 1 saturated heterocycles. The topological polar surface area (TPSA) is 96.1 Å². The van der Waals surface area contributed by atoms with Gasteiger partial charge in [0.15, 0.2) is 11.5 Å². The summed E-state index contributed by atoms with van der Waals surface area (Å²) in [6.07, 6.45) is -4.41. The van der Waals surface area contributed by atoms with Gasteiger partial charge >= 0.3 is 12.1 Å². The molecule has 0 spiro atoms. The van der Waals surface area contributed by atoms with E-state index < -0.39 is 17.7 Å². The molecule has 0 unspecified atom stereocenters. The van der Waals surface area contributed by atoms with Gasteiger partial charge in [-0.1, -0.05) is 6.07 Å². The van der Waals surface area contributed by atoms with Crippen molar-refractivity contribution in [2.24, 2.45) is 0 Å². The number of esters is 1. The maximum Gasteiger partial charge on any atom is 0.416 e. The highest BCUT2D eigenvalue weighted by atomic mass is 19.4. The fraction of sp³-hybridized carbons (Fsp3) is 0.360. The summed E-state index contributed by atoms with van der Waals surface area (Å²) in [5.74, 6) is -0.136. The van der Waals surface area contributed by atoms with E-state index in [1.54, 1.807) is 18.2 Å². The number of halogens is 3. The standard InChI is InChI=1S/C25H27F3N4O5/c1-35-19-12-17-18(13-20(19)36-2)29-23(24(34)37-3)22(17)30-21(33)14-31-7-9-32(10-8-31)16-6-4-5-15(11-16)25(26,27)28/h4-6,11-13,29H,7-10,14H2,1-3H3,(H,30,33). The van der Waals surface area contributed by atoms with E-state index in [1.807, 2.05) is 9.80 Å². The van der Waals surface area contributed by atoms with E-state index in [0.717, 1.165) is 12.1 Å². The van der Waals surface area contributed by atoms with Gasteiger partial charge in [0.05, 0.1) is 44.6 Å². The molecule has 4 rings (SSSR count). The summed E-state index contributed by atoms with van der Waals surface area (Å²) >= 11 is 0. The van der Waals surface area contributed by atoms with Crippen LogP contribution in [0.5, 0.6) is 11.5 Å². The van der Waals surface area contributed by atoms with E-state index in [2.05, 4.69) is 10.3 Å². The highest BCUT2D eigenvalue weighted by molar-refractivity contribution is 6.11. The van der Waals surface area contributed by atoms with Crippen LogP contribution in [0.15, 0.2) is 36.4 Å². The Morgan fingerprint density at radius 1 is 1.00 bits per heavy atom. The van der Waals surface area contributed by atoms with Gasteiger partial charge in [-0.2, -0.15) is 13.2 Å². The maximum absolute atomic E-state index is 13.1. The van der Waals surface area contributed by atoms with E-state index in [1.165, 1.54) is 27.4 Å². The molecule has 1 amide bonds. The molecule has 0 saturated carbocycles. The molecule has 0 atom stereocenters. The van der Waals surface area contributed by atoms with Crippen LogP contribution in [-0.2, 0) is 15.7 Å². The molecule has 9 nitrogen and oxygen atoms in total. The minimum absolute atomic E-state index is 0.0387. The van der Waals surface area contributed by atoms with E-state index in [4.69, 9.17) is 14.2 Å². The van der Waals surface area contributed by atoms with Crippen LogP contribution in [0, 0.1) is 0 Å². The number of aromatic nitrogens is 1. The fourth-order valence-electron chi connectivity index (χ4n) is 4.33. The van der Waals surface area contributed by atoms with Crippen molar-refractivity contribution >= 4 is 34.2 Å². The molecule has 1 fully saturated rings. The molecule has 37 heavy (non-hydrogen) atoms. The summed E-state index contributed by atoms with van der Waals surface area (Å²) in [6.45, 7) is 1.92. The van der Waals surface area contributed by atoms with Crippen LogP contribution in [0.1, 0.15) is 16.1 Å². The maximum atomic E-state index is 13.1. The first-order valence-corrected chi connectivity index (χ1v) is 11.4. The molecular formula is C25H27F3N4O5. The summed E-state index contributed by atoms with van der Waals surface area (Å²) in [7, 11) is 4.21. The predicted molar refractivity (Wildman–Crippen MR) is 131 cm³/mol. The number of rotatable bonds is 7. The molecule has 1 aromatic heterocycles. The zero-order valence-electron chi connectivity index (χ0n) is 20.6. The summed E-state index contributed by atoms with van der Waals surface area (Å²) in [6, 6.07) is 8.53. The normalized spacial score (nSPS) is 14.5. The molecular weight excluding hydrogens is 493 g/mol. The largest absolute Gasteiger partial charge is 0.493 e. The second-order valence-corrected chi connectivity index (χ2v) is 8.48. The molecule has 1 aliphatic heterocycles. The number of H-pyrrole nitrogens is 1. The van der Waals surface area contributed by atoms with Gasteiger partial charge in [-0.15, -0.1) is 0 Å². The molecule has 0 radical (unpaired) electrons. The lowest BCUT2D eigenvalue weighted by Gasteiger charge is -2.36. The van der Waals surface area contributed by atoms with Crippen LogP contribution in [0.25, 0.3) is 10.9 Å². The van der Waals surface area contributed by atoms with Crippen LogP contribution in [0.4, 0.5) is 24.5 Å². The second-order valence-electron chi connectivity index (χ2n) is 8.48. The summed E-state index contributed by atoms with van der Waals surface area (Å²) < 4.78 is 54.7. The third kappa shape index (κ3) is 5.58. The van der Waals surface area contributed by atoms with Gasteiger partial charge in [0, 0.05) is 43.3 Å². The Morgan fingerprint density at radius 2 is 1.68 bits per heavy atom. The lowest BCUT2D eigenvalue weighted by Crippen LogP contribution is -2.48. The number of carbonyl (C=O) groups excluding carboxylic acids is 2. The number of hydrogen-bond donors (Lipinski definition) is 2. The average molecular weight is 521 g/mol. The lowest BCUT2D eigenvalue weighted by atomic mass is 10.1. The van der Waals surface area contributed by atoms with E-state index >= 15 is 0 Å². The molecule has 12 heteroatoms. The minimum Gasteiger partial charge on any atom is -0.493 e. The lowest BCUT2D eigenvalue weighted by molar-refractivity contribution is -0.137. The number of piperazine rings is 1. The quantitative estimate of drug-likeness (QED) is 0.458. The van der Waals surface area contributed by atoms with Crippen LogP contribution in [-0.4, -0.2) is 75.8 Å². The molecule has 2 heterocycles. The monoisotopic (exact) mass is 520 g/mol. The first kappa shape index (κ1) is 26.1. The Hall–Kier alpha value is -3.93. The highest BCUT2D eigenvalue weighted by Crippen LogP contribution is 2.37.